The zero-order valence-electron chi connectivity index (χ0n) is 16.4. The second-order valence-corrected chi connectivity index (χ2v) is 6.96. The Morgan fingerprint density at radius 3 is 2.54 bits per heavy atom. The van der Waals surface area contributed by atoms with Gasteiger partial charge in [0.2, 0.25) is 0 Å². The summed E-state index contributed by atoms with van der Waals surface area (Å²) in [6, 6.07) is 11.1. The lowest BCUT2D eigenvalue weighted by molar-refractivity contribution is -0.138. The number of nitrogens with one attached hydrogen (secondary N) is 1. The van der Waals surface area contributed by atoms with Crippen LogP contribution in [0.1, 0.15) is 42.1 Å². The summed E-state index contributed by atoms with van der Waals surface area (Å²) in [5, 5.41) is 3.25. The molecule has 2 aromatic rings. The third kappa shape index (κ3) is 4.67. The van der Waals surface area contributed by atoms with Crippen LogP contribution in [-0.4, -0.2) is 37.7 Å². The predicted molar refractivity (Wildman–Crippen MR) is 105 cm³/mol. The van der Waals surface area contributed by atoms with Gasteiger partial charge in [-0.3, -0.25) is 0 Å². The van der Waals surface area contributed by atoms with Crippen LogP contribution in [0.2, 0.25) is 0 Å². The van der Waals surface area contributed by atoms with Crippen molar-refractivity contribution in [2.45, 2.75) is 32.5 Å². The Kier molecular flexibility index (Phi) is 6.62. The minimum atomic E-state index is -4.37. The number of ether oxygens (including phenoxy) is 1. The molecule has 0 radical (unpaired) electrons. The number of hydrogen-bond donors (Lipinski definition) is 1. The number of alkyl halides is 3. The summed E-state index contributed by atoms with van der Waals surface area (Å²) < 4.78 is 46.2. The number of likely N-dealkylation sites (N-methyl/N-ethyl adjacent to an activating group) is 1. The Bertz CT molecular complexity index is 788. The van der Waals surface area contributed by atoms with Crippen LogP contribution in [0, 0.1) is 0 Å². The molecule has 0 saturated heterocycles. The number of rotatable bonds is 7. The quantitative estimate of drug-likeness (QED) is 0.742. The van der Waals surface area contributed by atoms with Crippen molar-refractivity contribution in [2.24, 2.45) is 0 Å². The van der Waals surface area contributed by atoms with Crippen molar-refractivity contribution in [3.63, 3.8) is 0 Å². The molecule has 28 heavy (non-hydrogen) atoms. The molecule has 2 aromatic carbocycles. The number of benzene rings is 2. The molecule has 0 saturated carbocycles. The topological polar surface area (TPSA) is 24.5 Å². The molecule has 3 nitrogen and oxygen atoms in total. The van der Waals surface area contributed by atoms with Crippen LogP contribution < -0.4 is 10.1 Å². The number of nitrogens with zero attached hydrogens (tertiary/aromatic N) is 1. The highest BCUT2D eigenvalue weighted by molar-refractivity contribution is 5.46. The first-order chi connectivity index (χ1) is 13.4. The van der Waals surface area contributed by atoms with Crippen molar-refractivity contribution in [2.75, 3.05) is 32.8 Å². The van der Waals surface area contributed by atoms with Crippen LogP contribution in [0.4, 0.5) is 13.2 Å². The number of hydrogen-bond acceptors (Lipinski definition) is 3. The zero-order valence-corrected chi connectivity index (χ0v) is 16.4. The Labute approximate surface area is 164 Å². The van der Waals surface area contributed by atoms with E-state index in [2.05, 4.69) is 24.1 Å². The molecule has 1 unspecified atom stereocenters. The molecule has 0 aromatic heterocycles. The highest BCUT2D eigenvalue weighted by Crippen LogP contribution is 2.38. The lowest BCUT2D eigenvalue weighted by Crippen LogP contribution is -2.32. The highest BCUT2D eigenvalue weighted by atomic mass is 19.4. The highest BCUT2D eigenvalue weighted by Gasteiger charge is 2.36. The van der Waals surface area contributed by atoms with Crippen LogP contribution in [0.15, 0.2) is 42.5 Å². The Morgan fingerprint density at radius 1 is 1.07 bits per heavy atom. The lowest BCUT2D eigenvalue weighted by Gasteiger charge is -2.29. The average molecular weight is 392 g/mol. The van der Waals surface area contributed by atoms with E-state index in [1.54, 1.807) is 12.1 Å². The Hall–Kier alpha value is -2.05. The van der Waals surface area contributed by atoms with Crippen molar-refractivity contribution < 1.29 is 17.9 Å². The third-order valence-electron chi connectivity index (χ3n) is 5.32. The van der Waals surface area contributed by atoms with Crippen LogP contribution in [0.3, 0.4) is 0 Å². The summed E-state index contributed by atoms with van der Waals surface area (Å²) in [6.07, 6.45) is -3.60. The van der Waals surface area contributed by atoms with Crippen LogP contribution in [-0.2, 0) is 12.6 Å². The van der Waals surface area contributed by atoms with E-state index in [0.717, 1.165) is 49.0 Å². The van der Waals surface area contributed by atoms with Gasteiger partial charge >= 0.3 is 6.18 Å². The first-order valence-corrected chi connectivity index (χ1v) is 9.81. The van der Waals surface area contributed by atoms with E-state index in [0.29, 0.717) is 13.2 Å². The molecular formula is C22H27F3N2O. The molecule has 0 bridgehead atoms. The van der Waals surface area contributed by atoms with E-state index in [4.69, 9.17) is 4.74 Å². The summed E-state index contributed by atoms with van der Waals surface area (Å²) in [5.41, 5.74) is 1.62. The second kappa shape index (κ2) is 8.97. The van der Waals surface area contributed by atoms with Gasteiger partial charge in [-0.2, -0.15) is 13.2 Å². The third-order valence-corrected chi connectivity index (χ3v) is 5.32. The normalized spacial score (nSPS) is 16.9. The maximum atomic E-state index is 13.5. The molecule has 1 N–H and O–H groups in total. The maximum absolute atomic E-state index is 13.5. The molecule has 6 heteroatoms. The Balaban J connectivity index is 1.81. The van der Waals surface area contributed by atoms with Crippen molar-refractivity contribution in [3.05, 3.63) is 64.7 Å². The van der Waals surface area contributed by atoms with Gasteiger partial charge in [-0.05, 0) is 54.4 Å². The van der Waals surface area contributed by atoms with Crippen molar-refractivity contribution in [1.82, 2.24) is 10.2 Å². The van der Waals surface area contributed by atoms with Crippen molar-refractivity contribution in [1.29, 1.82) is 0 Å². The minimum Gasteiger partial charge on any atom is -0.492 e. The maximum Gasteiger partial charge on any atom is 0.416 e. The molecule has 0 fully saturated rings. The van der Waals surface area contributed by atoms with Crippen LogP contribution in [0.5, 0.6) is 5.75 Å². The fraction of sp³-hybridized carbons (Fsp3) is 0.455. The average Bonchev–Trinajstić information content (AvgIpc) is 2.70. The monoisotopic (exact) mass is 392 g/mol. The van der Waals surface area contributed by atoms with E-state index >= 15 is 0 Å². The summed E-state index contributed by atoms with van der Waals surface area (Å²) in [7, 11) is 0. The molecule has 1 aliphatic rings. The van der Waals surface area contributed by atoms with E-state index < -0.39 is 17.8 Å². The van der Waals surface area contributed by atoms with Gasteiger partial charge in [0.1, 0.15) is 12.4 Å². The van der Waals surface area contributed by atoms with Crippen molar-refractivity contribution in [3.8, 4) is 5.75 Å². The van der Waals surface area contributed by atoms with Gasteiger partial charge in [-0.1, -0.05) is 38.1 Å². The summed E-state index contributed by atoms with van der Waals surface area (Å²) in [6.45, 7) is 8.29. The second-order valence-electron chi connectivity index (χ2n) is 6.96. The van der Waals surface area contributed by atoms with Gasteiger partial charge in [-0.15, -0.1) is 0 Å². The largest absolute Gasteiger partial charge is 0.492 e. The molecule has 3 rings (SSSR count). The molecule has 0 aliphatic carbocycles. The molecule has 0 spiro atoms. The van der Waals surface area contributed by atoms with E-state index in [1.807, 2.05) is 18.2 Å². The van der Waals surface area contributed by atoms with E-state index in [-0.39, 0.29) is 5.56 Å². The van der Waals surface area contributed by atoms with Gasteiger partial charge in [0.05, 0.1) is 11.6 Å². The molecule has 1 atom stereocenters. The summed E-state index contributed by atoms with van der Waals surface area (Å²) >= 11 is 0. The lowest BCUT2D eigenvalue weighted by atomic mass is 9.87. The van der Waals surface area contributed by atoms with Gasteiger partial charge in [-0.25, -0.2) is 0 Å². The summed E-state index contributed by atoms with van der Waals surface area (Å²) in [5.74, 6) is 0.774. The summed E-state index contributed by atoms with van der Waals surface area (Å²) in [4.78, 5) is 2.28. The zero-order chi connectivity index (χ0) is 20.1. The molecular weight excluding hydrogens is 365 g/mol. The fourth-order valence-electron chi connectivity index (χ4n) is 3.75. The van der Waals surface area contributed by atoms with Crippen LogP contribution in [0.25, 0.3) is 0 Å². The predicted octanol–water partition coefficient (Wildman–Crippen LogP) is 4.66. The van der Waals surface area contributed by atoms with Gasteiger partial charge in [0.15, 0.2) is 0 Å². The number of halogens is 3. The fourth-order valence-corrected chi connectivity index (χ4v) is 3.75. The van der Waals surface area contributed by atoms with E-state index in [1.165, 1.54) is 6.07 Å². The van der Waals surface area contributed by atoms with Crippen LogP contribution >= 0.6 is 0 Å². The van der Waals surface area contributed by atoms with Gasteiger partial charge in [0, 0.05) is 13.1 Å². The molecule has 0 amide bonds. The standard InChI is InChI=1S/C22H27F3N2O/c1-3-27(4-2)13-14-28-17-9-10-18-16(15-17)11-12-26-21(18)19-7-5-6-8-20(19)22(23,24)25/h5-10,15,21,26H,3-4,11-14H2,1-2H3. The first-order valence-electron chi connectivity index (χ1n) is 9.81. The SMILES string of the molecule is CCN(CC)CCOc1ccc2c(c1)CCNC2c1ccccc1C(F)(F)F. The Morgan fingerprint density at radius 2 is 1.82 bits per heavy atom. The van der Waals surface area contributed by atoms with Gasteiger partial charge < -0.3 is 15.0 Å². The van der Waals surface area contributed by atoms with Crippen molar-refractivity contribution >= 4 is 0 Å². The molecule has 1 aliphatic heterocycles. The minimum absolute atomic E-state index is 0.270. The molecule has 1 heterocycles. The smallest absolute Gasteiger partial charge is 0.416 e. The number of fused-ring (bicyclic) bond motifs is 1. The molecule has 152 valence electrons. The first kappa shape index (κ1) is 20.7. The van der Waals surface area contributed by atoms with Gasteiger partial charge in [0.25, 0.3) is 0 Å². The van der Waals surface area contributed by atoms with E-state index in [9.17, 15) is 13.2 Å².